The zero-order valence-corrected chi connectivity index (χ0v) is 12.0. The van der Waals surface area contributed by atoms with Crippen molar-refractivity contribution in [2.75, 3.05) is 26.8 Å². The number of fused-ring (bicyclic) bond motifs is 1. The molecule has 1 aliphatic carbocycles. The maximum Gasteiger partial charge on any atom is 0.223 e. The number of carbonyl (C=O) groups excluding carboxylic acids is 2. The van der Waals surface area contributed by atoms with Gasteiger partial charge in [0.1, 0.15) is 0 Å². The van der Waals surface area contributed by atoms with Gasteiger partial charge in [-0.15, -0.1) is 0 Å². The third-order valence-corrected chi connectivity index (χ3v) is 4.64. The normalized spacial score (nSPS) is 33.6. The van der Waals surface area contributed by atoms with Crippen molar-refractivity contribution >= 4 is 11.8 Å². The number of nitrogens with one attached hydrogen (secondary N) is 1. The highest BCUT2D eigenvalue weighted by Crippen LogP contribution is 2.45. The number of hydrogen-bond donors (Lipinski definition) is 1. The molecule has 1 N–H and O–H groups in total. The van der Waals surface area contributed by atoms with E-state index in [1.807, 2.05) is 4.90 Å². The van der Waals surface area contributed by atoms with Crippen LogP contribution in [0.15, 0.2) is 0 Å². The number of likely N-dealkylation sites (tertiary alicyclic amines) is 1. The average Bonchev–Trinajstić information content (AvgIpc) is 2.79. The summed E-state index contributed by atoms with van der Waals surface area (Å²) < 4.78 is 5.08. The fraction of sp³-hybridized carbons (Fsp3) is 0.857. The van der Waals surface area contributed by atoms with Crippen LogP contribution in [-0.4, -0.2) is 49.6 Å². The molecule has 19 heavy (non-hydrogen) atoms. The molecule has 5 nitrogen and oxygen atoms in total. The second-order valence-electron chi connectivity index (χ2n) is 5.83. The Hall–Kier alpha value is -1.10. The van der Waals surface area contributed by atoms with Crippen molar-refractivity contribution in [3.8, 4) is 0 Å². The molecule has 0 aromatic heterocycles. The smallest absolute Gasteiger partial charge is 0.223 e. The van der Waals surface area contributed by atoms with E-state index >= 15 is 0 Å². The predicted molar refractivity (Wildman–Crippen MR) is 71.4 cm³/mol. The van der Waals surface area contributed by atoms with Gasteiger partial charge < -0.3 is 15.0 Å². The molecule has 2 aliphatic rings. The molecule has 1 saturated carbocycles. The van der Waals surface area contributed by atoms with E-state index < -0.39 is 0 Å². The van der Waals surface area contributed by atoms with Crippen molar-refractivity contribution in [3.63, 3.8) is 0 Å². The molecule has 0 radical (unpaired) electrons. The van der Waals surface area contributed by atoms with E-state index in [1.165, 1.54) is 0 Å². The van der Waals surface area contributed by atoms with Crippen LogP contribution in [0.5, 0.6) is 0 Å². The van der Waals surface area contributed by atoms with Crippen molar-refractivity contribution in [1.82, 2.24) is 10.2 Å². The van der Waals surface area contributed by atoms with E-state index in [0.29, 0.717) is 49.9 Å². The SMILES string of the molecule is COCCN1C(=O)C[C@H]2[C@H](CNC(C)=O)[C@@H](C)C[C@H]21. The minimum atomic E-state index is 0.0104. The molecule has 2 rings (SSSR count). The van der Waals surface area contributed by atoms with Gasteiger partial charge in [0.15, 0.2) is 0 Å². The van der Waals surface area contributed by atoms with E-state index in [4.69, 9.17) is 4.74 Å². The van der Waals surface area contributed by atoms with E-state index in [-0.39, 0.29) is 11.8 Å². The van der Waals surface area contributed by atoms with Crippen LogP contribution >= 0.6 is 0 Å². The maximum absolute atomic E-state index is 12.1. The molecule has 1 heterocycles. The Morgan fingerprint density at radius 2 is 2.26 bits per heavy atom. The van der Waals surface area contributed by atoms with Gasteiger partial charge in [-0.25, -0.2) is 0 Å². The van der Waals surface area contributed by atoms with Gasteiger partial charge in [-0.05, 0) is 24.2 Å². The Kier molecular flexibility index (Phi) is 4.45. The Morgan fingerprint density at radius 1 is 1.53 bits per heavy atom. The minimum absolute atomic E-state index is 0.0104. The molecule has 0 bridgehead atoms. The van der Waals surface area contributed by atoms with E-state index in [9.17, 15) is 9.59 Å². The summed E-state index contributed by atoms with van der Waals surface area (Å²) in [6.45, 7) is 5.75. The highest BCUT2D eigenvalue weighted by molar-refractivity contribution is 5.79. The summed E-state index contributed by atoms with van der Waals surface area (Å²) in [4.78, 5) is 25.1. The first-order valence-electron chi connectivity index (χ1n) is 7.07. The molecule has 2 fully saturated rings. The number of hydrogen-bond acceptors (Lipinski definition) is 3. The van der Waals surface area contributed by atoms with Gasteiger partial charge in [0.25, 0.3) is 0 Å². The van der Waals surface area contributed by atoms with Gasteiger partial charge in [-0.2, -0.15) is 0 Å². The molecule has 108 valence electrons. The summed E-state index contributed by atoms with van der Waals surface area (Å²) in [5.74, 6) is 1.62. The number of amides is 2. The van der Waals surface area contributed by atoms with Crippen LogP contribution in [0.25, 0.3) is 0 Å². The largest absolute Gasteiger partial charge is 0.383 e. The summed E-state index contributed by atoms with van der Waals surface area (Å²) in [6.07, 6.45) is 1.67. The van der Waals surface area contributed by atoms with Crippen LogP contribution in [0.4, 0.5) is 0 Å². The zero-order chi connectivity index (χ0) is 14.0. The molecule has 1 aliphatic heterocycles. The zero-order valence-electron chi connectivity index (χ0n) is 12.0. The first-order chi connectivity index (χ1) is 9.04. The van der Waals surface area contributed by atoms with Gasteiger partial charge >= 0.3 is 0 Å². The van der Waals surface area contributed by atoms with Gasteiger partial charge in [0.2, 0.25) is 11.8 Å². The monoisotopic (exact) mass is 268 g/mol. The van der Waals surface area contributed by atoms with Crippen molar-refractivity contribution in [3.05, 3.63) is 0 Å². The van der Waals surface area contributed by atoms with E-state index in [1.54, 1.807) is 14.0 Å². The third-order valence-electron chi connectivity index (χ3n) is 4.64. The van der Waals surface area contributed by atoms with Crippen molar-refractivity contribution in [2.45, 2.75) is 32.7 Å². The molecular formula is C14H24N2O3. The lowest BCUT2D eigenvalue weighted by Gasteiger charge is -2.24. The lowest BCUT2D eigenvalue weighted by atomic mass is 9.88. The lowest BCUT2D eigenvalue weighted by molar-refractivity contribution is -0.129. The minimum Gasteiger partial charge on any atom is -0.383 e. The Morgan fingerprint density at radius 3 is 2.89 bits per heavy atom. The first-order valence-corrected chi connectivity index (χ1v) is 7.07. The van der Waals surface area contributed by atoms with Crippen LogP contribution in [0.2, 0.25) is 0 Å². The number of rotatable bonds is 5. The predicted octanol–water partition coefficient (Wildman–Crippen LogP) is 0.642. The highest BCUT2D eigenvalue weighted by atomic mass is 16.5. The second kappa shape index (κ2) is 5.90. The van der Waals surface area contributed by atoms with Crippen molar-refractivity contribution < 1.29 is 14.3 Å². The fourth-order valence-corrected chi connectivity index (χ4v) is 3.68. The Labute approximate surface area is 114 Å². The molecule has 5 heteroatoms. The van der Waals surface area contributed by atoms with Crippen LogP contribution in [-0.2, 0) is 14.3 Å². The molecule has 1 saturated heterocycles. The molecule has 0 unspecified atom stereocenters. The van der Waals surface area contributed by atoms with Crippen molar-refractivity contribution in [2.24, 2.45) is 17.8 Å². The summed E-state index contributed by atoms with van der Waals surface area (Å²) >= 11 is 0. The number of nitrogens with zero attached hydrogens (tertiary/aromatic N) is 1. The molecule has 0 aromatic carbocycles. The molecule has 0 aromatic rings. The van der Waals surface area contributed by atoms with Crippen LogP contribution in [0.1, 0.15) is 26.7 Å². The van der Waals surface area contributed by atoms with Crippen LogP contribution in [0, 0.1) is 17.8 Å². The number of carbonyl (C=O) groups is 2. The Bertz CT molecular complexity index is 359. The quantitative estimate of drug-likeness (QED) is 0.796. The summed E-state index contributed by atoms with van der Waals surface area (Å²) in [5, 5.41) is 2.91. The summed E-state index contributed by atoms with van der Waals surface area (Å²) in [5.41, 5.74) is 0. The van der Waals surface area contributed by atoms with E-state index in [0.717, 1.165) is 6.42 Å². The van der Waals surface area contributed by atoms with E-state index in [2.05, 4.69) is 12.2 Å². The Balaban J connectivity index is 2.00. The fourth-order valence-electron chi connectivity index (χ4n) is 3.68. The maximum atomic E-state index is 12.1. The number of methoxy groups -OCH3 is 1. The van der Waals surface area contributed by atoms with Crippen molar-refractivity contribution in [1.29, 1.82) is 0 Å². The standard InChI is InChI=1S/C14H24N2O3/c1-9-6-13-11(12(9)8-15-10(2)17)7-14(18)16(13)4-5-19-3/h9,11-13H,4-8H2,1-3H3,(H,15,17)/t9-,11-,12+,13+/m0/s1. The van der Waals surface area contributed by atoms with Gasteiger partial charge in [0.05, 0.1) is 6.61 Å². The lowest BCUT2D eigenvalue weighted by Crippen LogP contribution is -2.36. The van der Waals surface area contributed by atoms with Gasteiger partial charge in [0, 0.05) is 39.6 Å². The van der Waals surface area contributed by atoms with Crippen LogP contribution in [0.3, 0.4) is 0 Å². The average molecular weight is 268 g/mol. The third kappa shape index (κ3) is 2.91. The van der Waals surface area contributed by atoms with Crippen LogP contribution < -0.4 is 5.32 Å². The first kappa shape index (κ1) is 14.3. The second-order valence-corrected chi connectivity index (χ2v) is 5.83. The number of ether oxygens (including phenoxy) is 1. The summed E-state index contributed by atoms with van der Waals surface area (Å²) in [6, 6.07) is 0.344. The van der Waals surface area contributed by atoms with Gasteiger partial charge in [-0.1, -0.05) is 6.92 Å². The molecule has 0 spiro atoms. The van der Waals surface area contributed by atoms with Gasteiger partial charge in [-0.3, -0.25) is 9.59 Å². The summed E-state index contributed by atoms with van der Waals surface area (Å²) in [7, 11) is 1.66. The molecule has 4 atom stereocenters. The topological polar surface area (TPSA) is 58.6 Å². The highest BCUT2D eigenvalue weighted by Gasteiger charge is 2.50. The molecular weight excluding hydrogens is 244 g/mol. The molecule has 2 amide bonds.